The molecular formula is C43H44Cl2Ti. The van der Waals surface area contributed by atoms with Crippen LogP contribution in [-0.4, -0.2) is 3.81 Å². The van der Waals surface area contributed by atoms with Gasteiger partial charge in [-0.05, 0) is 0 Å². The van der Waals surface area contributed by atoms with Crippen LogP contribution >= 0.6 is 0 Å². The molecule has 4 aliphatic rings. The Morgan fingerprint density at radius 3 is 1.83 bits per heavy atom. The average Bonchev–Trinajstić information content (AvgIpc) is 3.77. The van der Waals surface area contributed by atoms with Gasteiger partial charge in [-0.15, -0.1) is 0 Å². The molecule has 0 heterocycles. The number of hydrogen-bond donors (Lipinski definition) is 0. The zero-order valence-electron chi connectivity index (χ0n) is 26.8. The van der Waals surface area contributed by atoms with Crippen molar-refractivity contribution in [2.45, 2.75) is 88.9 Å². The number of hydrogen-bond acceptors (Lipinski definition) is 0. The summed E-state index contributed by atoms with van der Waals surface area (Å²) >= 11 is -2.24. The third kappa shape index (κ3) is 6.49. The van der Waals surface area contributed by atoms with Gasteiger partial charge < -0.3 is 24.8 Å². The Labute approximate surface area is 294 Å². The summed E-state index contributed by atoms with van der Waals surface area (Å²) in [7, 11) is 0. The topological polar surface area (TPSA) is 0 Å². The van der Waals surface area contributed by atoms with E-state index in [1.165, 1.54) is 86.5 Å². The minimum atomic E-state index is -2.24. The summed E-state index contributed by atoms with van der Waals surface area (Å²) in [5.74, 6) is 1.45. The SMILES string of the molecule is C1=CC[C]([Ti+2](=[C](c2ccccc2)c2ccccc2)[c]2c(C3CCCCC3)ccc3c2Cc2cc(C4CCCCC4)ccc2-3)=C1.[Cl-].[Cl-]. The van der Waals surface area contributed by atoms with Crippen LogP contribution in [0.4, 0.5) is 0 Å². The van der Waals surface area contributed by atoms with Crippen LogP contribution in [0.5, 0.6) is 0 Å². The smallest absolute Gasteiger partial charge is 1.00 e. The normalized spacial score (nSPS) is 17.2. The second-order valence-electron chi connectivity index (χ2n) is 13.6. The summed E-state index contributed by atoms with van der Waals surface area (Å²) < 4.78 is 5.13. The van der Waals surface area contributed by atoms with E-state index in [9.17, 15) is 0 Å². The van der Waals surface area contributed by atoms with Gasteiger partial charge in [0.05, 0.1) is 0 Å². The largest absolute Gasteiger partial charge is 1.00 e. The fourth-order valence-corrected chi connectivity index (χ4v) is 14.2. The van der Waals surface area contributed by atoms with Crippen LogP contribution in [-0.2, 0) is 23.8 Å². The summed E-state index contributed by atoms with van der Waals surface area (Å²) in [4.78, 5) is 0. The van der Waals surface area contributed by atoms with E-state index >= 15 is 0 Å². The van der Waals surface area contributed by atoms with E-state index in [2.05, 4.69) is 109 Å². The van der Waals surface area contributed by atoms with E-state index in [0.717, 1.165) is 18.8 Å². The summed E-state index contributed by atoms with van der Waals surface area (Å²) in [5, 5.41) is 0. The molecule has 0 aliphatic heterocycles. The molecule has 4 aromatic carbocycles. The molecule has 0 atom stereocenters. The van der Waals surface area contributed by atoms with E-state index in [0.29, 0.717) is 5.92 Å². The van der Waals surface area contributed by atoms with Crippen molar-refractivity contribution in [2.24, 2.45) is 0 Å². The van der Waals surface area contributed by atoms with Gasteiger partial charge in [0.2, 0.25) is 0 Å². The minimum Gasteiger partial charge on any atom is -1.00 e. The van der Waals surface area contributed by atoms with Crippen LogP contribution in [0.25, 0.3) is 11.1 Å². The van der Waals surface area contributed by atoms with E-state index in [1.54, 1.807) is 33.8 Å². The van der Waals surface area contributed by atoms with Crippen molar-refractivity contribution in [3.63, 3.8) is 0 Å². The van der Waals surface area contributed by atoms with Gasteiger partial charge in [0, 0.05) is 0 Å². The molecule has 0 radical (unpaired) electrons. The molecule has 0 N–H and O–H groups in total. The molecule has 4 aromatic rings. The second-order valence-corrected chi connectivity index (χ2v) is 17.4. The summed E-state index contributed by atoms with van der Waals surface area (Å²) in [5.41, 5.74) is 12.4. The average molecular weight is 680 g/mol. The predicted molar refractivity (Wildman–Crippen MR) is 184 cm³/mol. The van der Waals surface area contributed by atoms with E-state index in [1.807, 2.05) is 0 Å². The summed E-state index contributed by atoms with van der Waals surface area (Å²) in [6.07, 6.45) is 23.2. The predicted octanol–water partition coefficient (Wildman–Crippen LogP) is 4.72. The van der Waals surface area contributed by atoms with Crippen LogP contribution in [0.2, 0.25) is 0 Å². The first-order valence-corrected chi connectivity index (χ1v) is 19.7. The van der Waals surface area contributed by atoms with Crippen molar-refractivity contribution in [3.8, 4) is 11.1 Å². The first-order valence-electron chi connectivity index (χ1n) is 17.4. The van der Waals surface area contributed by atoms with Gasteiger partial charge >= 0.3 is 272 Å². The van der Waals surface area contributed by atoms with Gasteiger partial charge in [0.15, 0.2) is 0 Å². The second kappa shape index (κ2) is 15.2. The molecule has 0 nitrogen and oxygen atoms in total. The number of allylic oxidation sites excluding steroid dienone is 4. The van der Waals surface area contributed by atoms with Gasteiger partial charge in [-0.2, -0.15) is 0 Å². The fourth-order valence-electron chi connectivity index (χ4n) is 8.80. The molecule has 2 saturated carbocycles. The Morgan fingerprint density at radius 2 is 1.22 bits per heavy atom. The summed E-state index contributed by atoms with van der Waals surface area (Å²) in [6.45, 7) is 0. The zero-order valence-corrected chi connectivity index (χ0v) is 29.9. The fraction of sp³-hybridized carbons (Fsp3) is 0.326. The Balaban J connectivity index is 0.00000186. The molecule has 0 bridgehead atoms. The molecule has 0 aromatic heterocycles. The van der Waals surface area contributed by atoms with E-state index in [-0.39, 0.29) is 24.8 Å². The van der Waals surface area contributed by atoms with Crippen molar-refractivity contribution >= 4 is 7.68 Å². The Kier molecular flexibility index (Phi) is 11.0. The van der Waals surface area contributed by atoms with E-state index < -0.39 is 17.4 Å². The molecular weight excluding hydrogens is 635 g/mol. The van der Waals surface area contributed by atoms with Gasteiger partial charge in [-0.1, -0.05) is 0 Å². The molecule has 234 valence electrons. The van der Waals surface area contributed by atoms with Crippen LogP contribution in [0.15, 0.2) is 113 Å². The van der Waals surface area contributed by atoms with E-state index in [4.69, 9.17) is 0 Å². The Hall–Kier alpha value is -2.48. The van der Waals surface area contributed by atoms with Gasteiger partial charge in [-0.25, -0.2) is 0 Å². The van der Waals surface area contributed by atoms with Crippen molar-refractivity contribution in [3.05, 3.63) is 146 Å². The molecule has 8 rings (SSSR count). The molecule has 46 heavy (non-hydrogen) atoms. The standard InChI is InChI=1S/C25H29.C13H10.C5H5.2ClH.Ti/c1-3-7-18(8-4-1)20-11-13-24-22(15-20)17-23-16-21(12-14-25(23)24)19-9-5-2-6-10-19;1-3-7-12(8-4-1)11-13-9-5-2-6-10-13;1-2-4-5-3-1;;;/h11-15,18-19H,1-10,17H2;1-10H;1-3H,4H2;2*1H;/q;;;;;+2/p-2. The number of halogens is 2. The maximum absolute atomic E-state index is 2.63. The molecule has 0 saturated heterocycles. The maximum atomic E-state index is 2.63. The number of rotatable bonds is 6. The third-order valence-electron chi connectivity index (χ3n) is 11.0. The van der Waals surface area contributed by atoms with Crippen molar-refractivity contribution in [1.29, 1.82) is 0 Å². The molecule has 0 spiro atoms. The molecule has 2 fully saturated rings. The Morgan fingerprint density at radius 1 is 0.609 bits per heavy atom. The van der Waals surface area contributed by atoms with Crippen LogP contribution in [0, 0.1) is 0 Å². The Bertz CT molecular complexity index is 1710. The molecule has 0 amide bonds. The maximum Gasteiger partial charge on any atom is -1.00 e. The van der Waals surface area contributed by atoms with Gasteiger partial charge in [0.25, 0.3) is 0 Å². The van der Waals surface area contributed by atoms with Crippen LogP contribution in [0.3, 0.4) is 0 Å². The molecule has 4 aliphatic carbocycles. The van der Waals surface area contributed by atoms with Crippen molar-refractivity contribution in [2.75, 3.05) is 0 Å². The number of fused-ring (bicyclic) bond motifs is 3. The van der Waals surface area contributed by atoms with Gasteiger partial charge in [-0.3, -0.25) is 0 Å². The monoisotopic (exact) mass is 678 g/mol. The van der Waals surface area contributed by atoms with Gasteiger partial charge in [0.1, 0.15) is 0 Å². The molecule has 3 heteroatoms. The molecule has 0 unspecified atom stereocenters. The van der Waals surface area contributed by atoms with Crippen LogP contribution < -0.4 is 28.7 Å². The van der Waals surface area contributed by atoms with Crippen LogP contribution in [0.1, 0.15) is 116 Å². The third-order valence-corrected chi connectivity index (χ3v) is 15.9. The first-order chi connectivity index (χ1) is 21.8. The zero-order chi connectivity index (χ0) is 29.3. The van der Waals surface area contributed by atoms with Crippen molar-refractivity contribution < 1.29 is 42.2 Å². The van der Waals surface area contributed by atoms with Crippen molar-refractivity contribution in [1.82, 2.24) is 0 Å². The quantitative estimate of drug-likeness (QED) is 0.228. The minimum absolute atomic E-state index is 0. The summed E-state index contributed by atoms with van der Waals surface area (Å²) in [6, 6.07) is 35.6. The first kappa shape index (κ1) is 33.4. The number of benzene rings is 4.